The van der Waals surface area contributed by atoms with Gasteiger partial charge in [0.15, 0.2) is 0 Å². The second-order valence-corrected chi connectivity index (χ2v) is 7.63. The highest BCUT2D eigenvalue weighted by molar-refractivity contribution is 6.29. The van der Waals surface area contributed by atoms with E-state index < -0.39 is 0 Å². The molecule has 0 N–H and O–H groups in total. The minimum Gasteiger partial charge on any atom is -0.347 e. The molecule has 0 atom stereocenters. The Morgan fingerprint density at radius 3 is 2.67 bits per heavy atom. The van der Waals surface area contributed by atoms with Crippen LogP contribution in [0.5, 0.6) is 0 Å². The fraction of sp³-hybridized carbons (Fsp3) is 0.125. The summed E-state index contributed by atoms with van der Waals surface area (Å²) in [7, 11) is 0. The molecule has 5 rings (SSSR count). The summed E-state index contributed by atoms with van der Waals surface area (Å²) in [5, 5.41) is 1.54. The molecule has 0 amide bonds. The maximum Gasteiger partial charge on any atom is 0.350 e. The van der Waals surface area contributed by atoms with Crippen molar-refractivity contribution in [3.05, 3.63) is 100 Å². The minimum atomic E-state index is -0.0323. The van der Waals surface area contributed by atoms with Gasteiger partial charge in [0.05, 0.1) is 6.20 Å². The zero-order chi connectivity index (χ0) is 20.7. The molecule has 0 saturated carbocycles. The lowest BCUT2D eigenvalue weighted by Crippen LogP contribution is -2.40. The third-order valence-corrected chi connectivity index (χ3v) is 5.65. The summed E-state index contributed by atoms with van der Waals surface area (Å²) in [6, 6.07) is 17.7. The second kappa shape index (κ2) is 7.43. The van der Waals surface area contributed by atoms with Gasteiger partial charge in [0, 0.05) is 47.0 Å². The van der Waals surface area contributed by atoms with Gasteiger partial charge >= 0.3 is 5.56 Å². The van der Waals surface area contributed by atoms with Crippen LogP contribution in [0, 0.1) is 0 Å². The molecule has 6 heteroatoms. The van der Waals surface area contributed by atoms with Crippen molar-refractivity contribution in [2.24, 2.45) is 0 Å². The first-order chi connectivity index (χ1) is 14.7. The van der Waals surface area contributed by atoms with E-state index in [-0.39, 0.29) is 5.56 Å². The third kappa shape index (κ3) is 3.08. The quantitative estimate of drug-likeness (QED) is 0.324. The van der Waals surface area contributed by atoms with Crippen LogP contribution in [0.2, 0.25) is 5.15 Å². The van der Waals surface area contributed by atoms with E-state index in [1.807, 2.05) is 48.8 Å². The molecular weight excluding hydrogens is 396 g/mol. The maximum atomic E-state index is 13.4. The number of hydrogen-bond acceptors (Lipinski definition) is 2. The summed E-state index contributed by atoms with van der Waals surface area (Å²) >= 11 is 5.94. The molecule has 0 fully saturated rings. The van der Waals surface area contributed by atoms with Gasteiger partial charge < -0.3 is 4.57 Å². The first kappa shape index (κ1) is 18.6. The van der Waals surface area contributed by atoms with Crippen molar-refractivity contribution >= 4 is 28.2 Å². The fourth-order valence-corrected chi connectivity index (χ4v) is 4.09. The van der Waals surface area contributed by atoms with Crippen LogP contribution in [0.1, 0.15) is 12.5 Å². The van der Waals surface area contributed by atoms with Gasteiger partial charge in [-0.05, 0) is 25.1 Å². The van der Waals surface area contributed by atoms with Crippen LogP contribution in [-0.4, -0.2) is 14.0 Å². The van der Waals surface area contributed by atoms with Crippen molar-refractivity contribution in [2.75, 3.05) is 0 Å². The number of pyridine rings is 2. The molecule has 148 valence electrons. The normalized spacial score (nSPS) is 11.4. The van der Waals surface area contributed by atoms with Gasteiger partial charge in [-0.2, -0.15) is 4.40 Å². The minimum absolute atomic E-state index is 0.0323. The first-order valence-corrected chi connectivity index (χ1v) is 10.3. The Morgan fingerprint density at radius 2 is 1.87 bits per heavy atom. The summed E-state index contributed by atoms with van der Waals surface area (Å²) in [5.74, 6) is 0. The number of benzene rings is 1. The van der Waals surface area contributed by atoms with E-state index in [4.69, 9.17) is 11.6 Å². The number of fused-ring (bicyclic) bond motifs is 2. The smallest absolute Gasteiger partial charge is 0.347 e. The number of aromatic nitrogens is 4. The van der Waals surface area contributed by atoms with Crippen molar-refractivity contribution in [1.29, 1.82) is 0 Å². The second-order valence-electron chi connectivity index (χ2n) is 7.24. The third-order valence-electron chi connectivity index (χ3n) is 5.43. The number of aryl methyl sites for hydroxylation is 1. The summed E-state index contributed by atoms with van der Waals surface area (Å²) in [6.45, 7) is 3.53. The molecule has 4 heterocycles. The van der Waals surface area contributed by atoms with E-state index >= 15 is 0 Å². The molecule has 5 aromatic rings. The van der Waals surface area contributed by atoms with Crippen LogP contribution in [0.3, 0.4) is 0 Å². The van der Waals surface area contributed by atoms with Gasteiger partial charge in [-0.1, -0.05) is 41.9 Å². The number of rotatable bonds is 4. The molecule has 0 radical (unpaired) electrons. The van der Waals surface area contributed by atoms with Crippen molar-refractivity contribution < 1.29 is 4.57 Å². The lowest BCUT2D eigenvalue weighted by Gasteiger charge is -2.07. The molecular formula is C24H20ClN4O+. The van der Waals surface area contributed by atoms with Gasteiger partial charge in [0.25, 0.3) is 5.65 Å². The highest BCUT2D eigenvalue weighted by atomic mass is 35.5. The van der Waals surface area contributed by atoms with E-state index in [0.29, 0.717) is 17.3 Å². The van der Waals surface area contributed by atoms with Crippen molar-refractivity contribution in [3.63, 3.8) is 0 Å². The van der Waals surface area contributed by atoms with Crippen LogP contribution in [0.4, 0.5) is 0 Å². The number of para-hydroxylation sites is 1. The highest BCUT2D eigenvalue weighted by Crippen LogP contribution is 2.28. The lowest BCUT2D eigenvalue weighted by atomic mass is 10.1. The lowest BCUT2D eigenvalue weighted by molar-refractivity contribution is -0.665. The van der Waals surface area contributed by atoms with E-state index in [0.717, 1.165) is 34.2 Å². The Bertz CT molecular complexity index is 1430. The Labute approximate surface area is 178 Å². The Hall–Kier alpha value is -3.44. The van der Waals surface area contributed by atoms with E-state index in [1.54, 1.807) is 16.7 Å². The fourth-order valence-electron chi connectivity index (χ4n) is 3.98. The van der Waals surface area contributed by atoms with Gasteiger partial charge in [-0.3, -0.25) is 0 Å². The molecule has 0 aliphatic carbocycles. The van der Waals surface area contributed by atoms with Crippen LogP contribution in [0.15, 0.2) is 84.2 Å². The van der Waals surface area contributed by atoms with Crippen LogP contribution < -0.4 is 10.1 Å². The largest absolute Gasteiger partial charge is 0.350 e. The monoisotopic (exact) mass is 415 g/mol. The standard InChI is InChI=1S/C24H20ClN4O/c1-2-27-15-19(18-7-3-4-8-21(18)27)20-16-28(14-17-10-11-22(25)26-13-17)23-9-5-6-12-29(23)24(20)30/h3-13,15-16H,2,14H2,1H3/q+1. The zero-order valence-corrected chi connectivity index (χ0v) is 17.3. The molecule has 0 spiro atoms. The molecule has 4 aromatic heterocycles. The summed E-state index contributed by atoms with van der Waals surface area (Å²) in [4.78, 5) is 17.6. The van der Waals surface area contributed by atoms with Crippen LogP contribution >= 0.6 is 11.6 Å². The average Bonchev–Trinajstić information content (AvgIpc) is 3.16. The summed E-state index contributed by atoms with van der Waals surface area (Å²) in [6.07, 6.45) is 7.61. The Morgan fingerprint density at radius 1 is 1.03 bits per heavy atom. The Kier molecular flexibility index (Phi) is 4.60. The molecule has 1 aromatic carbocycles. The molecule has 0 aliphatic rings. The summed E-state index contributed by atoms with van der Waals surface area (Å²) < 4.78 is 5.97. The predicted octanol–water partition coefficient (Wildman–Crippen LogP) is 4.33. The van der Waals surface area contributed by atoms with E-state index in [1.165, 1.54) is 0 Å². The number of hydrogen-bond donors (Lipinski definition) is 0. The van der Waals surface area contributed by atoms with Crippen LogP contribution in [-0.2, 0) is 13.1 Å². The molecule has 0 unspecified atom stereocenters. The first-order valence-electron chi connectivity index (χ1n) is 9.88. The van der Waals surface area contributed by atoms with Crippen molar-refractivity contribution in [1.82, 2.24) is 14.0 Å². The maximum absolute atomic E-state index is 13.4. The molecule has 0 saturated heterocycles. The van der Waals surface area contributed by atoms with Gasteiger partial charge in [0.1, 0.15) is 23.5 Å². The topological polar surface area (TPSA) is 43.2 Å². The predicted molar refractivity (Wildman–Crippen MR) is 119 cm³/mol. The number of halogens is 1. The zero-order valence-electron chi connectivity index (χ0n) is 16.5. The summed E-state index contributed by atoms with van der Waals surface area (Å²) in [5.41, 5.74) is 4.54. The van der Waals surface area contributed by atoms with E-state index in [9.17, 15) is 4.79 Å². The molecule has 5 nitrogen and oxygen atoms in total. The SMILES string of the molecule is CCn1cc(-c2c[n+](Cc3ccc(Cl)nc3)c3ccccn3c2=O)c2ccccc21. The highest BCUT2D eigenvalue weighted by Gasteiger charge is 2.20. The van der Waals surface area contributed by atoms with Gasteiger partial charge in [-0.15, -0.1) is 0 Å². The average molecular weight is 416 g/mol. The molecule has 30 heavy (non-hydrogen) atoms. The van der Waals surface area contributed by atoms with E-state index in [2.05, 4.69) is 39.4 Å². The van der Waals surface area contributed by atoms with Crippen LogP contribution in [0.25, 0.3) is 27.7 Å². The molecule has 0 bridgehead atoms. The van der Waals surface area contributed by atoms with Gasteiger partial charge in [0.2, 0.25) is 0 Å². The van der Waals surface area contributed by atoms with Crippen molar-refractivity contribution in [3.8, 4) is 11.1 Å². The Balaban J connectivity index is 1.77. The number of nitrogens with zero attached hydrogens (tertiary/aromatic N) is 4. The molecule has 0 aliphatic heterocycles. The van der Waals surface area contributed by atoms with Gasteiger partial charge in [-0.25, -0.2) is 14.3 Å². The van der Waals surface area contributed by atoms with Crippen molar-refractivity contribution in [2.45, 2.75) is 20.0 Å².